The van der Waals surface area contributed by atoms with E-state index in [0.717, 1.165) is 22.3 Å². The number of halogens is 1. The second-order valence-corrected chi connectivity index (χ2v) is 7.35. The van der Waals surface area contributed by atoms with Crippen molar-refractivity contribution in [2.45, 2.75) is 19.6 Å². The number of fused-ring (bicyclic) bond motifs is 1. The van der Waals surface area contributed by atoms with Gasteiger partial charge in [-0.3, -0.25) is 4.79 Å². The van der Waals surface area contributed by atoms with Crippen molar-refractivity contribution < 1.29 is 28.2 Å². The molecule has 0 aliphatic heterocycles. The highest BCUT2D eigenvalue weighted by atomic mass is 19.1. The van der Waals surface area contributed by atoms with Crippen LogP contribution in [0.3, 0.4) is 0 Å². The average Bonchev–Trinajstić information content (AvgIpc) is 3.17. The van der Waals surface area contributed by atoms with E-state index < -0.39 is 12.0 Å². The molecule has 0 saturated heterocycles. The molecule has 3 aromatic carbocycles. The average molecular weight is 435 g/mol. The summed E-state index contributed by atoms with van der Waals surface area (Å²) in [4.78, 5) is 11.2. The second-order valence-electron chi connectivity index (χ2n) is 7.35. The van der Waals surface area contributed by atoms with E-state index >= 15 is 0 Å². The van der Waals surface area contributed by atoms with Gasteiger partial charge in [-0.2, -0.15) is 4.39 Å². The minimum atomic E-state index is -0.961. The van der Waals surface area contributed by atoms with Crippen LogP contribution in [0, 0.1) is 6.01 Å². The maximum atomic E-state index is 13.9. The van der Waals surface area contributed by atoms with Gasteiger partial charge in [0.2, 0.25) is 0 Å². The van der Waals surface area contributed by atoms with E-state index in [1.165, 1.54) is 13.2 Å². The molecule has 0 radical (unpaired) electrons. The summed E-state index contributed by atoms with van der Waals surface area (Å²) < 4.78 is 30.4. The molecular weight excluding hydrogens is 413 g/mol. The number of carbonyl (C=O) groups is 1. The van der Waals surface area contributed by atoms with Crippen LogP contribution < -0.4 is 15.2 Å². The van der Waals surface area contributed by atoms with Crippen molar-refractivity contribution in [1.29, 1.82) is 0 Å². The molecule has 6 nitrogen and oxygen atoms in total. The predicted octanol–water partition coefficient (Wildman–Crippen LogP) is 4.91. The number of hydrogen-bond acceptors (Lipinski definition) is 5. The van der Waals surface area contributed by atoms with E-state index in [4.69, 9.17) is 19.6 Å². The third-order valence-electron chi connectivity index (χ3n) is 5.13. The zero-order valence-corrected chi connectivity index (χ0v) is 17.4. The van der Waals surface area contributed by atoms with Gasteiger partial charge in [0.1, 0.15) is 23.7 Å². The predicted molar refractivity (Wildman–Crippen MR) is 118 cm³/mol. The Balaban J connectivity index is 1.71. The van der Waals surface area contributed by atoms with Crippen LogP contribution in [0.25, 0.3) is 22.1 Å². The first-order chi connectivity index (χ1) is 15.5. The van der Waals surface area contributed by atoms with Gasteiger partial charge in [-0.05, 0) is 41.0 Å². The molecule has 0 aliphatic rings. The van der Waals surface area contributed by atoms with Gasteiger partial charge in [0.15, 0.2) is 0 Å². The summed E-state index contributed by atoms with van der Waals surface area (Å²) in [6, 6.07) is 17.0. The van der Waals surface area contributed by atoms with Gasteiger partial charge in [-0.1, -0.05) is 24.3 Å². The molecule has 3 N–H and O–H groups in total. The fourth-order valence-corrected chi connectivity index (χ4v) is 3.61. The number of rotatable bonds is 8. The molecule has 1 heterocycles. The first kappa shape index (κ1) is 21.4. The van der Waals surface area contributed by atoms with E-state index in [-0.39, 0.29) is 13.0 Å². The Morgan fingerprint density at radius 2 is 1.94 bits per heavy atom. The summed E-state index contributed by atoms with van der Waals surface area (Å²) in [6.07, 6.45) is -0.178. The van der Waals surface area contributed by atoms with Gasteiger partial charge < -0.3 is 24.7 Å². The van der Waals surface area contributed by atoms with E-state index in [1.54, 1.807) is 24.3 Å². The zero-order chi connectivity index (χ0) is 22.7. The number of furan rings is 1. The smallest absolute Gasteiger partial charge is 0.307 e. The lowest BCUT2D eigenvalue weighted by Crippen LogP contribution is -2.05. The summed E-state index contributed by atoms with van der Waals surface area (Å²) >= 11 is 0. The molecule has 1 aromatic heterocycles. The van der Waals surface area contributed by atoms with Gasteiger partial charge >= 0.3 is 5.97 Å². The largest absolute Gasteiger partial charge is 0.497 e. The molecule has 0 fully saturated rings. The number of aliphatic carboxylic acids is 1. The van der Waals surface area contributed by atoms with Crippen molar-refractivity contribution in [2.75, 3.05) is 7.11 Å². The van der Waals surface area contributed by atoms with Crippen molar-refractivity contribution >= 4 is 16.9 Å². The molecule has 0 unspecified atom stereocenters. The maximum absolute atomic E-state index is 13.9. The minimum absolute atomic E-state index is 0.145. The fraction of sp³-hybridized carbons (Fsp3) is 0.160. The Morgan fingerprint density at radius 1 is 1.09 bits per heavy atom. The third kappa shape index (κ3) is 4.58. The van der Waals surface area contributed by atoms with Crippen molar-refractivity contribution in [3.8, 4) is 22.6 Å². The van der Waals surface area contributed by atoms with Crippen molar-refractivity contribution in [3.05, 3.63) is 83.4 Å². The first-order valence-electron chi connectivity index (χ1n) is 9.99. The van der Waals surface area contributed by atoms with Gasteiger partial charge in [0, 0.05) is 35.2 Å². The molecule has 0 atom stereocenters. The Kier molecular flexibility index (Phi) is 6.09. The van der Waals surface area contributed by atoms with Gasteiger partial charge in [-0.25, -0.2) is 0 Å². The van der Waals surface area contributed by atoms with E-state index in [2.05, 4.69) is 0 Å². The molecule has 4 rings (SSSR count). The summed E-state index contributed by atoms with van der Waals surface area (Å²) in [5.74, 6) is 0.00932. The highest BCUT2D eigenvalue weighted by Crippen LogP contribution is 2.33. The number of nitrogens with two attached hydrogens (primary N) is 1. The van der Waals surface area contributed by atoms with Crippen LogP contribution in [0.4, 0.5) is 4.39 Å². The SMILES string of the molecule is COc1ccc(CC(=O)O)c(OCc2cc(-c3cccc(CN)c3)c3oc(F)cc3c2)c1. The monoisotopic (exact) mass is 435 g/mol. The van der Waals surface area contributed by atoms with Crippen molar-refractivity contribution in [3.63, 3.8) is 0 Å². The summed E-state index contributed by atoms with van der Waals surface area (Å²) in [5, 5.41) is 9.79. The molecule has 0 spiro atoms. The van der Waals surface area contributed by atoms with Crippen LogP contribution in [0.5, 0.6) is 11.5 Å². The number of methoxy groups -OCH3 is 1. The van der Waals surface area contributed by atoms with Crippen LogP contribution >= 0.6 is 0 Å². The lowest BCUT2D eigenvalue weighted by atomic mass is 9.99. The van der Waals surface area contributed by atoms with Crippen molar-refractivity contribution in [1.82, 2.24) is 0 Å². The van der Waals surface area contributed by atoms with Crippen LogP contribution in [0.2, 0.25) is 0 Å². The molecule has 4 aromatic rings. The maximum Gasteiger partial charge on any atom is 0.307 e. The summed E-state index contributed by atoms with van der Waals surface area (Å²) in [5.41, 5.74) is 10.0. The zero-order valence-electron chi connectivity index (χ0n) is 17.4. The van der Waals surface area contributed by atoms with Crippen LogP contribution in [0.15, 0.2) is 65.1 Å². The molecule has 7 heteroatoms. The van der Waals surface area contributed by atoms with E-state index in [1.807, 2.05) is 30.3 Å². The van der Waals surface area contributed by atoms with Crippen LogP contribution in [-0.2, 0) is 24.4 Å². The molecule has 164 valence electrons. The number of carboxylic acids is 1. The van der Waals surface area contributed by atoms with Gasteiger partial charge in [-0.15, -0.1) is 0 Å². The Labute approximate surface area is 184 Å². The molecule has 0 saturated carbocycles. The fourth-order valence-electron chi connectivity index (χ4n) is 3.61. The number of benzene rings is 3. The standard InChI is InChI=1S/C25H22FNO5/c1-30-20-6-5-18(11-24(28)29)22(12-20)31-14-16-8-19-10-23(26)32-25(19)21(9-16)17-4-2-3-15(7-17)13-27/h2-10,12H,11,13-14,27H2,1H3,(H,28,29). The van der Waals surface area contributed by atoms with Crippen molar-refractivity contribution in [2.24, 2.45) is 5.73 Å². The number of carboxylic acid groups (broad SMARTS) is 1. The Bertz CT molecular complexity index is 1280. The highest BCUT2D eigenvalue weighted by Gasteiger charge is 2.15. The number of ether oxygens (including phenoxy) is 2. The molecule has 0 aliphatic carbocycles. The molecule has 0 bridgehead atoms. The Hall–Kier alpha value is -3.84. The minimum Gasteiger partial charge on any atom is -0.497 e. The second kappa shape index (κ2) is 9.11. The van der Waals surface area contributed by atoms with Crippen LogP contribution in [-0.4, -0.2) is 18.2 Å². The lowest BCUT2D eigenvalue weighted by molar-refractivity contribution is -0.136. The van der Waals surface area contributed by atoms with E-state index in [9.17, 15) is 14.3 Å². The summed E-state index contributed by atoms with van der Waals surface area (Å²) in [7, 11) is 1.53. The Morgan fingerprint density at radius 3 is 2.69 bits per heavy atom. The third-order valence-corrected chi connectivity index (χ3v) is 5.13. The topological polar surface area (TPSA) is 94.9 Å². The quantitative estimate of drug-likeness (QED) is 0.408. The first-order valence-corrected chi connectivity index (χ1v) is 9.99. The highest BCUT2D eigenvalue weighted by molar-refractivity contribution is 5.93. The molecular formula is C25H22FNO5. The molecule has 32 heavy (non-hydrogen) atoms. The van der Waals surface area contributed by atoms with E-state index in [0.29, 0.717) is 34.6 Å². The van der Waals surface area contributed by atoms with Gasteiger partial charge in [0.05, 0.1) is 13.5 Å². The normalized spacial score (nSPS) is 11.0. The van der Waals surface area contributed by atoms with Gasteiger partial charge in [0.25, 0.3) is 6.01 Å². The lowest BCUT2D eigenvalue weighted by Gasteiger charge is -2.13. The summed E-state index contributed by atoms with van der Waals surface area (Å²) in [6.45, 7) is 0.528. The molecule has 0 amide bonds. The van der Waals surface area contributed by atoms with Crippen LogP contribution in [0.1, 0.15) is 16.7 Å². The number of hydrogen-bond donors (Lipinski definition) is 2.